The molecule has 2 N–H and O–H groups in total. The van der Waals surface area contributed by atoms with E-state index in [9.17, 15) is 4.79 Å². The Hall–Kier alpha value is -0.0200. The van der Waals surface area contributed by atoms with Crippen molar-refractivity contribution in [3.8, 4) is 0 Å². The Balaban J connectivity index is 3.16. The minimum atomic E-state index is -0.873. The molecule has 0 radical (unpaired) electrons. The molecule has 0 saturated heterocycles. The molecule has 2 atom stereocenters. The number of aliphatic hydroxyl groups is 2. The van der Waals surface area contributed by atoms with E-state index in [1.54, 1.807) is 0 Å². The first kappa shape index (κ1) is 23.0. The molecule has 23 heavy (non-hydrogen) atoms. The summed E-state index contributed by atoms with van der Waals surface area (Å²) in [6.07, 6.45) is 15.2. The van der Waals surface area contributed by atoms with E-state index in [1.807, 2.05) is 0 Å². The molecule has 0 aromatic carbocycles. The molecule has 0 bridgehead atoms. The molecular formula is C18H37O4P. The van der Waals surface area contributed by atoms with Crippen molar-refractivity contribution in [2.24, 2.45) is 0 Å². The van der Waals surface area contributed by atoms with Gasteiger partial charge in [0.2, 0.25) is 0 Å². The molecule has 2 unspecified atom stereocenters. The molecule has 0 rings (SSSR count). The first-order valence-corrected chi connectivity index (χ1v) is 10.3. The predicted molar refractivity (Wildman–Crippen MR) is 98.1 cm³/mol. The van der Waals surface area contributed by atoms with Gasteiger partial charge in [-0.15, -0.1) is 0 Å². The van der Waals surface area contributed by atoms with Crippen LogP contribution in [0.5, 0.6) is 0 Å². The molecule has 0 amide bonds. The predicted octanol–water partition coefficient (Wildman–Crippen LogP) is 4.57. The van der Waals surface area contributed by atoms with Gasteiger partial charge in [0.15, 0.2) is 5.52 Å². The van der Waals surface area contributed by atoms with E-state index in [4.69, 9.17) is 14.7 Å². The van der Waals surface area contributed by atoms with Gasteiger partial charge in [-0.25, -0.2) is 0 Å². The van der Waals surface area contributed by atoms with Gasteiger partial charge in [-0.1, -0.05) is 77.6 Å². The van der Waals surface area contributed by atoms with Crippen molar-refractivity contribution in [2.75, 3.05) is 13.2 Å². The van der Waals surface area contributed by atoms with E-state index < -0.39 is 6.10 Å². The standard InChI is InChI=1S/C18H37O4P/c1-2-3-4-5-6-7-8-9-10-11-12-13-14-18(21)23-22-16-17(20)15-19/h17,19-20,23H,2-16H2,1H3. The topological polar surface area (TPSA) is 66.8 Å². The van der Waals surface area contributed by atoms with Crippen LogP contribution in [0.15, 0.2) is 0 Å². The third kappa shape index (κ3) is 18.2. The van der Waals surface area contributed by atoms with E-state index in [1.165, 1.54) is 64.2 Å². The molecule has 0 saturated carbocycles. The van der Waals surface area contributed by atoms with Crippen molar-refractivity contribution in [3.63, 3.8) is 0 Å². The maximum Gasteiger partial charge on any atom is 0.178 e. The van der Waals surface area contributed by atoms with Crippen molar-refractivity contribution in [1.29, 1.82) is 0 Å². The third-order valence-electron chi connectivity index (χ3n) is 3.93. The highest BCUT2D eigenvalue weighted by Crippen LogP contribution is 2.19. The average Bonchev–Trinajstić information content (AvgIpc) is 2.55. The van der Waals surface area contributed by atoms with Gasteiger partial charge in [0, 0.05) is 6.42 Å². The quantitative estimate of drug-likeness (QED) is 0.281. The lowest BCUT2D eigenvalue weighted by molar-refractivity contribution is -0.112. The summed E-state index contributed by atoms with van der Waals surface area (Å²) in [6, 6.07) is 0. The minimum Gasteiger partial charge on any atom is -0.394 e. The second-order valence-corrected chi connectivity index (χ2v) is 7.36. The molecule has 0 aromatic heterocycles. The van der Waals surface area contributed by atoms with Crippen molar-refractivity contribution in [2.45, 2.75) is 96.5 Å². The summed E-state index contributed by atoms with van der Waals surface area (Å²) in [7, 11) is -0.197. The highest BCUT2D eigenvalue weighted by Gasteiger charge is 2.06. The molecule has 0 fully saturated rings. The number of hydrogen-bond acceptors (Lipinski definition) is 4. The molecule has 0 aliphatic rings. The minimum absolute atomic E-state index is 0.0408. The zero-order chi connectivity index (χ0) is 17.2. The van der Waals surface area contributed by atoms with E-state index in [-0.39, 0.29) is 27.5 Å². The third-order valence-corrected chi connectivity index (χ3v) is 4.72. The van der Waals surface area contributed by atoms with Gasteiger partial charge in [0.05, 0.1) is 22.0 Å². The first-order chi connectivity index (χ1) is 11.2. The van der Waals surface area contributed by atoms with Crippen LogP contribution in [0.4, 0.5) is 0 Å². The van der Waals surface area contributed by atoms with E-state index in [2.05, 4.69) is 6.92 Å². The zero-order valence-corrected chi connectivity index (χ0v) is 15.9. The van der Waals surface area contributed by atoms with Crippen LogP contribution in [0.25, 0.3) is 0 Å². The molecule has 0 spiro atoms. The highest BCUT2D eigenvalue weighted by atomic mass is 31.1. The molecule has 5 heteroatoms. The van der Waals surface area contributed by atoms with Crippen LogP contribution in [0.2, 0.25) is 0 Å². The summed E-state index contributed by atoms with van der Waals surface area (Å²) in [5.41, 5.74) is 0.113. The largest absolute Gasteiger partial charge is 0.394 e. The molecule has 138 valence electrons. The van der Waals surface area contributed by atoms with Crippen LogP contribution in [0.1, 0.15) is 90.4 Å². The Labute approximate surface area is 144 Å². The summed E-state index contributed by atoms with van der Waals surface area (Å²) in [4.78, 5) is 11.5. The molecule has 0 heterocycles. The number of rotatable bonds is 18. The van der Waals surface area contributed by atoms with Crippen LogP contribution >= 0.6 is 8.81 Å². The number of carbonyl (C=O) groups excluding carboxylic acids is 1. The van der Waals surface area contributed by atoms with Gasteiger partial charge in [0.25, 0.3) is 0 Å². The van der Waals surface area contributed by atoms with Crippen LogP contribution in [0.3, 0.4) is 0 Å². The maximum atomic E-state index is 11.5. The van der Waals surface area contributed by atoms with Crippen molar-refractivity contribution >= 4 is 14.3 Å². The molecule has 0 aliphatic heterocycles. The van der Waals surface area contributed by atoms with E-state index in [0.717, 1.165) is 12.8 Å². The second kappa shape index (κ2) is 18.3. The Morgan fingerprint density at radius 1 is 0.913 bits per heavy atom. The smallest absolute Gasteiger partial charge is 0.178 e. The molecule has 4 nitrogen and oxygen atoms in total. The Bertz CT molecular complexity index is 261. The maximum absolute atomic E-state index is 11.5. The lowest BCUT2D eigenvalue weighted by Crippen LogP contribution is -2.17. The molecular weight excluding hydrogens is 311 g/mol. The highest BCUT2D eigenvalue weighted by molar-refractivity contribution is 7.53. The van der Waals surface area contributed by atoms with Gasteiger partial charge < -0.3 is 14.7 Å². The van der Waals surface area contributed by atoms with Crippen molar-refractivity contribution < 1.29 is 19.5 Å². The van der Waals surface area contributed by atoms with E-state index in [0.29, 0.717) is 6.42 Å². The number of aliphatic hydroxyl groups excluding tert-OH is 2. The average molecular weight is 348 g/mol. The SMILES string of the molecule is CCCCCCCCCCCCCCC(=O)POCC(O)CO. The monoisotopic (exact) mass is 348 g/mol. The van der Waals surface area contributed by atoms with Gasteiger partial charge in [-0.05, 0) is 6.42 Å². The van der Waals surface area contributed by atoms with Crippen LogP contribution in [-0.4, -0.2) is 35.1 Å². The van der Waals surface area contributed by atoms with E-state index >= 15 is 0 Å². The number of hydrogen-bond donors (Lipinski definition) is 2. The van der Waals surface area contributed by atoms with Gasteiger partial charge in [0.1, 0.15) is 6.10 Å². The summed E-state index contributed by atoms with van der Waals surface area (Å²) in [5, 5.41) is 17.7. The van der Waals surface area contributed by atoms with Crippen LogP contribution in [-0.2, 0) is 9.32 Å². The fourth-order valence-corrected chi connectivity index (χ4v) is 3.16. The van der Waals surface area contributed by atoms with Crippen molar-refractivity contribution in [1.82, 2.24) is 0 Å². The Kier molecular flexibility index (Phi) is 18.3. The normalized spacial score (nSPS) is 13.0. The second-order valence-electron chi connectivity index (χ2n) is 6.31. The van der Waals surface area contributed by atoms with Crippen LogP contribution in [0, 0.1) is 0 Å². The van der Waals surface area contributed by atoms with Gasteiger partial charge in [-0.2, -0.15) is 0 Å². The fraction of sp³-hybridized carbons (Fsp3) is 0.944. The van der Waals surface area contributed by atoms with Crippen LogP contribution < -0.4 is 0 Å². The molecule has 0 aliphatic carbocycles. The summed E-state index contributed by atoms with van der Waals surface area (Å²) in [6.45, 7) is 1.97. The summed E-state index contributed by atoms with van der Waals surface area (Å²) in [5.74, 6) is 0. The number of unbranched alkanes of at least 4 members (excludes halogenated alkanes) is 11. The van der Waals surface area contributed by atoms with Gasteiger partial charge in [-0.3, -0.25) is 4.79 Å². The first-order valence-electron chi connectivity index (χ1n) is 9.40. The Morgan fingerprint density at radius 3 is 1.87 bits per heavy atom. The van der Waals surface area contributed by atoms with Crippen molar-refractivity contribution in [3.05, 3.63) is 0 Å². The fourth-order valence-electron chi connectivity index (χ4n) is 2.45. The lowest BCUT2D eigenvalue weighted by atomic mass is 10.0. The van der Waals surface area contributed by atoms with Gasteiger partial charge >= 0.3 is 0 Å². The Morgan fingerprint density at radius 2 is 1.39 bits per heavy atom. The number of carbonyl (C=O) groups is 1. The summed E-state index contributed by atoms with van der Waals surface area (Å²) < 4.78 is 5.07. The zero-order valence-electron chi connectivity index (χ0n) is 14.9. The summed E-state index contributed by atoms with van der Waals surface area (Å²) >= 11 is 0. The molecule has 0 aromatic rings. The lowest BCUT2D eigenvalue weighted by Gasteiger charge is -2.07.